The molecular formula is C19H19N3O4. The molecule has 134 valence electrons. The highest BCUT2D eigenvalue weighted by Gasteiger charge is 2.27. The Hall–Kier alpha value is -3.19. The van der Waals surface area contributed by atoms with Crippen molar-refractivity contribution in [2.75, 3.05) is 19.0 Å². The van der Waals surface area contributed by atoms with E-state index in [4.69, 9.17) is 10.5 Å². The summed E-state index contributed by atoms with van der Waals surface area (Å²) in [5, 5.41) is 5.02. The summed E-state index contributed by atoms with van der Waals surface area (Å²) in [7, 11) is 1.56. The molecule has 0 fully saturated rings. The van der Waals surface area contributed by atoms with Crippen LogP contribution in [0, 0.1) is 0 Å². The molecule has 1 atom stereocenters. The van der Waals surface area contributed by atoms with Gasteiger partial charge in [0.25, 0.3) is 11.8 Å². The number of benzene rings is 2. The summed E-state index contributed by atoms with van der Waals surface area (Å²) in [5.41, 5.74) is 7.47. The van der Waals surface area contributed by atoms with Crippen LogP contribution in [0.25, 0.3) is 0 Å². The number of hydrogen-bond acceptors (Lipinski definition) is 5. The molecule has 1 aliphatic heterocycles. The van der Waals surface area contributed by atoms with Gasteiger partial charge in [0.15, 0.2) is 0 Å². The number of carbonyl (C=O) groups is 3. The SMILES string of the molecule is COc1cccc(C(CCN)C(=O)Nc2ccc3c(c2)C(=O)NC3=O)c1. The van der Waals surface area contributed by atoms with Crippen molar-refractivity contribution in [3.05, 3.63) is 59.2 Å². The monoisotopic (exact) mass is 353 g/mol. The zero-order valence-electron chi connectivity index (χ0n) is 14.2. The molecule has 0 radical (unpaired) electrons. The molecule has 3 amide bonds. The van der Waals surface area contributed by atoms with Crippen molar-refractivity contribution in [2.45, 2.75) is 12.3 Å². The molecule has 7 heteroatoms. The van der Waals surface area contributed by atoms with Crippen molar-refractivity contribution in [3.8, 4) is 5.75 Å². The molecule has 1 aliphatic rings. The zero-order chi connectivity index (χ0) is 18.7. The molecule has 0 saturated carbocycles. The average Bonchev–Trinajstić information content (AvgIpc) is 2.93. The minimum atomic E-state index is -0.465. The predicted molar refractivity (Wildman–Crippen MR) is 96.3 cm³/mol. The highest BCUT2D eigenvalue weighted by atomic mass is 16.5. The second kappa shape index (κ2) is 7.37. The molecule has 26 heavy (non-hydrogen) atoms. The summed E-state index contributed by atoms with van der Waals surface area (Å²) < 4.78 is 5.21. The first kappa shape index (κ1) is 17.6. The molecule has 0 aromatic heterocycles. The summed E-state index contributed by atoms with van der Waals surface area (Å²) in [5.74, 6) is -0.940. The van der Waals surface area contributed by atoms with Gasteiger partial charge in [-0.25, -0.2) is 0 Å². The minimum Gasteiger partial charge on any atom is -0.497 e. The minimum absolute atomic E-state index is 0.242. The fourth-order valence-electron chi connectivity index (χ4n) is 2.95. The topological polar surface area (TPSA) is 111 Å². The van der Waals surface area contributed by atoms with Crippen LogP contribution in [0.3, 0.4) is 0 Å². The van der Waals surface area contributed by atoms with Crippen molar-refractivity contribution in [1.29, 1.82) is 0 Å². The van der Waals surface area contributed by atoms with Crippen molar-refractivity contribution in [3.63, 3.8) is 0 Å². The number of ether oxygens (including phenoxy) is 1. The van der Waals surface area contributed by atoms with Crippen LogP contribution in [0.4, 0.5) is 5.69 Å². The Bertz CT molecular complexity index is 879. The first-order chi connectivity index (χ1) is 12.5. The maximum absolute atomic E-state index is 12.8. The summed E-state index contributed by atoms with van der Waals surface area (Å²) in [6.07, 6.45) is 0.461. The molecule has 4 N–H and O–H groups in total. The second-order valence-corrected chi connectivity index (χ2v) is 5.94. The molecule has 0 spiro atoms. The normalized spacial score (nSPS) is 13.8. The molecule has 0 aliphatic carbocycles. The van der Waals surface area contributed by atoms with Gasteiger partial charge >= 0.3 is 0 Å². The van der Waals surface area contributed by atoms with Crippen LogP contribution in [0.5, 0.6) is 5.75 Å². The van der Waals surface area contributed by atoms with Gasteiger partial charge in [0, 0.05) is 5.69 Å². The van der Waals surface area contributed by atoms with Crippen LogP contribution >= 0.6 is 0 Å². The standard InChI is InChI=1S/C19H19N3O4/c1-26-13-4-2-3-11(9-13)14(7-8-20)17(23)21-12-5-6-15-16(10-12)19(25)22-18(15)24/h2-6,9-10,14H,7-8,20H2,1H3,(H,21,23)(H,22,24,25). The average molecular weight is 353 g/mol. The third-order valence-corrected chi connectivity index (χ3v) is 4.27. The van der Waals surface area contributed by atoms with E-state index in [1.807, 2.05) is 12.1 Å². The highest BCUT2D eigenvalue weighted by Crippen LogP contribution is 2.26. The van der Waals surface area contributed by atoms with Gasteiger partial charge in [-0.3, -0.25) is 19.7 Å². The number of nitrogens with one attached hydrogen (secondary N) is 2. The number of rotatable bonds is 6. The summed E-state index contributed by atoms with van der Waals surface area (Å²) in [6, 6.07) is 11.9. The highest BCUT2D eigenvalue weighted by molar-refractivity contribution is 6.22. The van der Waals surface area contributed by atoms with E-state index in [1.165, 1.54) is 12.1 Å². The van der Waals surface area contributed by atoms with E-state index in [-0.39, 0.29) is 11.5 Å². The molecule has 0 bridgehead atoms. The Morgan fingerprint density at radius 1 is 1.15 bits per heavy atom. The first-order valence-corrected chi connectivity index (χ1v) is 8.18. The van der Waals surface area contributed by atoms with Gasteiger partial charge in [-0.1, -0.05) is 12.1 Å². The molecule has 3 rings (SSSR count). The number of anilines is 1. The maximum atomic E-state index is 12.8. The lowest BCUT2D eigenvalue weighted by molar-refractivity contribution is -0.117. The molecule has 2 aromatic rings. The molecule has 1 heterocycles. The van der Waals surface area contributed by atoms with Gasteiger partial charge in [-0.2, -0.15) is 0 Å². The maximum Gasteiger partial charge on any atom is 0.259 e. The fourth-order valence-corrected chi connectivity index (χ4v) is 2.95. The van der Waals surface area contributed by atoms with Crippen molar-refractivity contribution in [1.82, 2.24) is 5.32 Å². The van der Waals surface area contributed by atoms with E-state index in [9.17, 15) is 14.4 Å². The molecular weight excluding hydrogens is 334 g/mol. The van der Waals surface area contributed by atoms with E-state index in [2.05, 4.69) is 10.6 Å². The van der Waals surface area contributed by atoms with E-state index in [0.717, 1.165) is 5.56 Å². The number of fused-ring (bicyclic) bond motifs is 1. The van der Waals surface area contributed by atoms with Crippen LogP contribution < -0.4 is 21.1 Å². The number of imide groups is 1. The van der Waals surface area contributed by atoms with E-state index >= 15 is 0 Å². The molecule has 7 nitrogen and oxygen atoms in total. The summed E-state index contributed by atoms with van der Waals surface area (Å²) >= 11 is 0. The molecule has 2 aromatic carbocycles. The number of methoxy groups -OCH3 is 1. The quantitative estimate of drug-likeness (QED) is 0.684. The van der Waals surface area contributed by atoms with Crippen LogP contribution in [-0.4, -0.2) is 31.4 Å². The van der Waals surface area contributed by atoms with Crippen LogP contribution in [0.2, 0.25) is 0 Å². The Kier molecular flexibility index (Phi) is 4.99. The first-order valence-electron chi connectivity index (χ1n) is 8.18. The lowest BCUT2D eigenvalue weighted by atomic mass is 9.94. The van der Waals surface area contributed by atoms with Gasteiger partial charge < -0.3 is 15.8 Å². The van der Waals surface area contributed by atoms with E-state index in [1.54, 1.807) is 25.3 Å². The van der Waals surface area contributed by atoms with Crippen molar-refractivity contribution < 1.29 is 19.1 Å². The Morgan fingerprint density at radius 3 is 2.65 bits per heavy atom. The van der Waals surface area contributed by atoms with E-state index in [0.29, 0.717) is 30.0 Å². The lowest BCUT2D eigenvalue weighted by Crippen LogP contribution is -2.23. The largest absolute Gasteiger partial charge is 0.497 e. The van der Waals surface area contributed by atoms with Gasteiger partial charge in [-0.05, 0) is 48.9 Å². The van der Waals surface area contributed by atoms with Gasteiger partial charge in [0.1, 0.15) is 5.75 Å². The Labute approximate surface area is 150 Å². The fraction of sp³-hybridized carbons (Fsp3) is 0.211. The third-order valence-electron chi connectivity index (χ3n) is 4.27. The third kappa shape index (κ3) is 3.43. The molecule has 1 unspecified atom stereocenters. The lowest BCUT2D eigenvalue weighted by Gasteiger charge is -2.17. The van der Waals surface area contributed by atoms with Crippen LogP contribution in [-0.2, 0) is 4.79 Å². The van der Waals surface area contributed by atoms with Crippen molar-refractivity contribution >= 4 is 23.4 Å². The molecule has 0 saturated heterocycles. The number of amides is 3. The second-order valence-electron chi connectivity index (χ2n) is 5.94. The Balaban J connectivity index is 1.83. The number of carbonyl (C=O) groups excluding carboxylic acids is 3. The Morgan fingerprint density at radius 2 is 1.92 bits per heavy atom. The van der Waals surface area contributed by atoms with Gasteiger partial charge in [0.05, 0.1) is 24.2 Å². The van der Waals surface area contributed by atoms with Gasteiger partial charge in [-0.15, -0.1) is 0 Å². The predicted octanol–water partition coefficient (Wildman–Crippen LogP) is 1.65. The number of hydrogen-bond donors (Lipinski definition) is 3. The van der Waals surface area contributed by atoms with E-state index < -0.39 is 17.7 Å². The van der Waals surface area contributed by atoms with Crippen molar-refractivity contribution in [2.24, 2.45) is 5.73 Å². The number of nitrogens with two attached hydrogens (primary N) is 1. The van der Waals surface area contributed by atoms with Gasteiger partial charge in [0.2, 0.25) is 5.91 Å². The smallest absolute Gasteiger partial charge is 0.259 e. The van der Waals surface area contributed by atoms with Crippen LogP contribution in [0.1, 0.15) is 38.6 Å². The summed E-state index contributed by atoms with van der Waals surface area (Å²) in [4.78, 5) is 36.1. The summed E-state index contributed by atoms with van der Waals surface area (Å²) in [6.45, 7) is 0.344. The zero-order valence-corrected chi connectivity index (χ0v) is 14.2. The van der Waals surface area contributed by atoms with Crippen LogP contribution in [0.15, 0.2) is 42.5 Å².